The van der Waals surface area contributed by atoms with Gasteiger partial charge in [0.15, 0.2) is 0 Å². The molecule has 1 unspecified atom stereocenters. The summed E-state index contributed by atoms with van der Waals surface area (Å²) < 4.78 is 4.23. The first-order valence-corrected chi connectivity index (χ1v) is 23.1. The summed E-state index contributed by atoms with van der Waals surface area (Å²) in [7, 11) is 0. The Kier molecular flexibility index (Phi) is 13.2. The minimum absolute atomic E-state index is 0.0505. The predicted octanol–water partition coefficient (Wildman–Crippen LogP) is 6.72. The fraction of sp³-hybridized carbons (Fsp3) is 0.302. The van der Waals surface area contributed by atoms with Crippen LogP contribution in [0.5, 0.6) is 0 Å². The highest BCUT2D eigenvalue weighted by molar-refractivity contribution is 6.23. The van der Waals surface area contributed by atoms with Crippen molar-refractivity contribution in [3.63, 3.8) is 0 Å². The number of carbonyl (C=O) groups excluding carboxylic acids is 5. The van der Waals surface area contributed by atoms with Crippen LogP contribution in [0, 0.1) is 17.3 Å². The maximum Gasteiger partial charge on any atom is 0.262 e. The summed E-state index contributed by atoms with van der Waals surface area (Å²) >= 11 is 0. The molecule has 2 aliphatic heterocycles. The second-order valence-electron chi connectivity index (χ2n) is 17.4. The number of piperidine rings is 1. The number of benzene rings is 4. The monoisotopic (exact) mass is 896 g/mol. The maximum atomic E-state index is 13.1. The lowest BCUT2D eigenvalue weighted by Gasteiger charge is -2.27. The van der Waals surface area contributed by atoms with E-state index in [0.29, 0.717) is 50.1 Å². The van der Waals surface area contributed by atoms with Gasteiger partial charge in [0, 0.05) is 61.8 Å². The number of rotatable bonds is 14. The summed E-state index contributed by atoms with van der Waals surface area (Å²) in [5.74, 6) is 4.29. The molecule has 6 aromatic rings. The molecule has 0 bridgehead atoms. The van der Waals surface area contributed by atoms with Crippen molar-refractivity contribution in [2.75, 3.05) is 18.4 Å². The highest BCUT2D eigenvalue weighted by atomic mass is 16.3. The zero-order valence-electron chi connectivity index (χ0n) is 37.1. The molecule has 0 radical (unpaired) electrons. The fourth-order valence-corrected chi connectivity index (χ4v) is 9.47. The van der Waals surface area contributed by atoms with Gasteiger partial charge in [-0.05, 0) is 92.0 Å². The normalized spacial score (nSPS) is 18.0. The van der Waals surface area contributed by atoms with Crippen LogP contribution in [0.1, 0.15) is 102 Å². The van der Waals surface area contributed by atoms with Crippen molar-refractivity contribution in [1.82, 2.24) is 29.7 Å². The van der Waals surface area contributed by atoms with E-state index in [0.717, 1.165) is 75.1 Å². The number of aromatic nitrogens is 3. The summed E-state index contributed by atoms with van der Waals surface area (Å²) in [6.45, 7) is 1.34. The number of aliphatic hydroxyl groups is 1. The molecule has 340 valence electrons. The number of carbonyl (C=O) groups is 5. The molecule has 4 aromatic carbocycles. The Morgan fingerprint density at radius 3 is 2.33 bits per heavy atom. The smallest absolute Gasteiger partial charge is 0.262 e. The number of nitrogens with one attached hydrogen (secondary N) is 4. The van der Waals surface area contributed by atoms with Gasteiger partial charge in [0.05, 0.1) is 34.6 Å². The second-order valence-corrected chi connectivity index (χ2v) is 17.4. The van der Waals surface area contributed by atoms with Gasteiger partial charge < -0.3 is 24.9 Å². The average Bonchev–Trinajstić information content (AvgIpc) is 3.79. The molecule has 0 spiro atoms. The molecule has 2 fully saturated rings. The third-order valence-electron chi connectivity index (χ3n) is 12.9. The summed E-state index contributed by atoms with van der Waals surface area (Å²) in [5, 5.41) is 29.0. The van der Waals surface area contributed by atoms with Gasteiger partial charge in [-0.2, -0.15) is 0 Å². The number of anilines is 1. The molecule has 1 aliphatic carbocycles. The van der Waals surface area contributed by atoms with Crippen LogP contribution in [0.15, 0.2) is 109 Å². The van der Waals surface area contributed by atoms with Crippen molar-refractivity contribution in [2.45, 2.75) is 88.9 Å². The van der Waals surface area contributed by atoms with Crippen molar-refractivity contribution < 1.29 is 29.1 Å². The molecule has 2 aromatic heterocycles. The number of nitrogens with zero attached hydrogens (tertiary/aromatic N) is 4. The lowest BCUT2D eigenvalue weighted by molar-refractivity contribution is -0.136. The molecule has 3 aliphatic rings. The third-order valence-corrected chi connectivity index (χ3v) is 12.9. The molecular formula is C53H52N8O6. The van der Waals surface area contributed by atoms with Crippen molar-refractivity contribution in [2.24, 2.45) is 0 Å². The van der Waals surface area contributed by atoms with E-state index in [1.165, 1.54) is 6.07 Å². The average molecular weight is 897 g/mol. The van der Waals surface area contributed by atoms with E-state index < -0.39 is 29.7 Å². The molecule has 14 heteroatoms. The number of fused-ring (bicyclic) bond motifs is 2. The van der Waals surface area contributed by atoms with Gasteiger partial charge in [-0.15, -0.1) is 0 Å². The Labute approximate surface area is 387 Å². The summed E-state index contributed by atoms with van der Waals surface area (Å²) in [5.41, 5.74) is 8.08. The predicted molar refractivity (Wildman–Crippen MR) is 253 cm³/mol. The Bertz CT molecular complexity index is 3000. The standard InChI is InChI=1S/C53H52N8O6/c54-49-47-46(36-15-6-3-7-16-36)48(37-17-8-4-9-18-37)59(50(47)57-33-60(49)39-20-22-40(62)23-21-39)32-35-14-11-13-34(30-35)12-5-1-2-10-28-56-44(63)27-29-55-38-19-24-41-42(31-38)53(67)61(52(41)66)43-25-26-45(64)58-51(43)65/h3-4,6-9,11,13-19,24,30-31,33,39-40,43,54-55,62H,1-2,10,20-23,25-29,32H2,(H,56,63)(H,58,64,65). The minimum atomic E-state index is -1.03. The van der Waals surface area contributed by atoms with Gasteiger partial charge in [0.1, 0.15) is 17.2 Å². The first-order valence-electron chi connectivity index (χ1n) is 23.1. The second kappa shape index (κ2) is 19.9. The Morgan fingerprint density at radius 1 is 0.821 bits per heavy atom. The summed E-state index contributed by atoms with van der Waals surface area (Å²) in [4.78, 5) is 68.7. The fourth-order valence-electron chi connectivity index (χ4n) is 9.47. The van der Waals surface area contributed by atoms with E-state index in [2.05, 4.69) is 68.8 Å². The first-order chi connectivity index (χ1) is 32.6. The number of unbranched alkanes of at least 4 members (excludes halogenated alkanes) is 2. The highest BCUT2D eigenvalue weighted by Crippen LogP contribution is 2.40. The topological polar surface area (TPSA) is 192 Å². The molecule has 4 heterocycles. The van der Waals surface area contributed by atoms with Gasteiger partial charge in [-0.1, -0.05) is 84.6 Å². The van der Waals surface area contributed by atoms with Crippen LogP contribution in [-0.4, -0.2) is 78.9 Å². The highest BCUT2D eigenvalue weighted by Gasteiger charge is 2.44. The minimum Gasteiger partial charge on any atom is -0.393 e. The molecule has 67 heavy (non-hydrogen) atoms. The first kappa shape index (κ1) is 44.6. The molecule has 14 nitrogen and oxygen atoms in total. The van der Waals surface area contributed by atoms with Gasteiger partial charge >= 0.3 is 0 Å². The Balaban J connectivity index is 0.805. The Hall–Kier alpha value is -7.63. The molecule has 5 N–H and O–H groups in total. The number of imide groups is 2. The van der Waals surface area contributed by atoms with Crippen LogP contribution < -0.4 is 21.4 Å². The maximum absolute atomic E-state index is 13.1. The lowest BCUT2D eigenvalue weighted by atomic mass is 9.93. The summed E-state index contributed by atoms with van der Waals surface area (Å²) in [6.07, 6.45) is 7.13. The van der Waals surface area contributed by atoms with Crippen molar-refractivity contribution in [1.29, 1.82) is 5.41 Å². The lowest BCUT2D eigenvalue weighted by Crippen LogP contribution is -2.54. The van der Waals surface area contributed by atoms with Gasteiger partial charge in [-0.3, -0.25) is 39.6 Å². The third kappa shape index (κ3) is 9.55. The number of amides is 5. The van der Waals surface area contributed by atoms with Crippen LogP contribution in [-0.2, 0) is 20.9 Å². The van der Waals surface area contributed by atoms with E-state index >= 15 is 0 Å². The van der Waals surface area contributed by atoms with E-state index in [4.69, 9.17) is 4.98 Å². The van der Waals surface area contributed by atoms with E-state index in [9.17, 15) is 34.5 Å². The van der Waals surface area contributed by atoms with Gasteiger partial charge in [0.2, 0.25) is 17.7 Å². The van der Waals surface area contributed by atoms with Crippen molar-refractivity contribution in [3.8, 4) is 34.2 Å². The number of hydrogen-bond donors (Lipinski definition) is 5. The number of hydrogen-bond acceptors (Lipinski definition) is 9. The molecular weight excluding hydrogens is 845 g/mol. The SMILES string of the molecule is N=c1c2c(-c3ccccc3)c(-c3ccccc3)n(Cc3cccc(C#CCCCCNC(=O)CCNc4ccc5c(c4)C(=O)N(C4CCC(=O)NC4=O)C5=O)c3)c2ncn1C1CCC(O)CC1. The van der Waals surface area contributed by atoms with Crippen LogP contribution in [0.3, 0.4) is 0 Å². The van der Waals surface area contributed by atoms with Crippen molar-refractivity contribution in [3.05, 3.63) is 137 Å². The van der Waals surface area contributed by atoms with Crippen LogP contribution in [0.2, 0.25) is 0 Å². The van der Waals surface area contributed by atoms with E-state index in [-0.39, 0.29) is 48.4 Å². The molecule has 5 amide bonds. The zero-order chi connectivity index (χ0) is 46.4. The van der Waals surface area contributed by atoms with Gasteiger partial charge in [0.25, 0.3) is 11.8 Å². The molecule has 1 atom stereocenters. The van der Waals surface area contributed by atoms with E-state index in [1.54, 1.807) is 12.1 Å². The van der Waals surface area contributed by atoms with E-state index in [1.807, 2.05) is 59.4 Å². The zero-order valence-corrected chi connectivity index (χ0v) is 37.1. The molecule has 9 rings (SSSR count). The molecule has 1 saturated carbocycles. The van der Waals surface area contributed by atoms with Crippen molar-refractivity contribution >= 4 is 46.3 Å². The largest absolute Gasteiger partial charge is 0.393 e. The summed E-state index contributed by atoms with van der Waals surface area (Å²) in [6, 6.07) is 32.6. The van der Waals surface area contributed by atoms with Crippen LogP contribution in [0.25, 0.3) is 33.4 Å². The Morgan fingerprint density at radius 2 is 1.57 bits per heavy atom. The van der Waals surface area contributed by atoms with Gasteiger partial charge in [-0.25, -0.2) is 4.98 Å². The van der Waals surface area contributed by atoms with Crippen LogP contribution in [0.4, 0.5) is 5.69 Å². The molecule has 1 saturated heterocycles. The number of aliphatic hydroxyl groups excluding tert-OH is 1. The quantitative estimate of drug-likeness (QED) is 0.0452. The van der Waals surface area contributed by atoms with Crippen LogP contribution >= 0.6 is 0 Å².